The van der Waals surface area contributed by atoms with Gasteiger partial charge in [0.2, 0.25) is 13.6 Å². The van der Waals surface area contributed by atoms with Crippen LogP contribution in [0, 0.1) is 5.91 Å². The van der Waals surface area contributed by atoms with E-state index in [4.69, 9.17) is 9.05 Å². The molecule has 0 radical (unpaired) electrons. The summed E-state index contributed by atoms with van der Waals surface area (Å²) in [5.41, 5.74) is 0. The molecule has 0 aliphatic heterocycles. The van der Waals surface area contributed by atoms with Gasteiger partial charge in [-0.3, -0.25) is 9.36 Å². The van der Waals surface area contributed by atoms with E-state index >= 15 is 0 Å². The van der Waals surface area contributed by atoms with Crippen LogP contribution in [0.2, 0.25) is 0 Å². The molecule has 8 heteroatoms. The fourth-order valence-corrected chi connectivity index (χ4v) is 2.61. The maximum atomic E-state index is 13.7. The van der Waals surface area contributed by atoms with Gasteiger partial charge in [0.05, 0.1) is 18.8 Å². The Morgan fingerprint density at radius 1 is 1.22 bits per heavy atom. The number of carbonyl (C=O) groups is 1. The van der Waals surface area contributed by atoms with Crippen LogP contribution in [0.25, 0.3) is 0 Å². The molecule has 0 spiro atoms. The van der Waals surface area contributed by atoms with Gasteiger partial charge >= 0.3 is 18.9 Å². The Balaban J connectivity index is 0. The number of rotatable bonds is 7. The van der Waals surface area contributed by atoms with Gasteiger partial charge in [-0.1, -0.05) is 0 Å². The average Bonchev–Trinajstić information content (AvgIpc) is 2.14. The predicted octanol–water partition coefficient (Wildman–Crippen LogP) is 0.0556. The van der Waals surface area contributed by atoms with Crippen molar-refractivity contribution < 1.29 is 46.4 Å². The second kappa shape index (κ2) is 9.01. The van der Waals surface area contributed by atoms with Crippen LogP contribution in [0.1, 0.15) is 34.6 Å². The summed E-state index contributed by atoms with van der Waals surface area (Å²) in [5, 5.41) is 0. The zero-order valence-corrected chi connectivity index (χ0v) is 12.6. The van der Waals surface area contributed by atoms with Crippen molar-refractivity contribution in [1.29, 1.82) is 0 Å². The van der Waals surface area contributed by atoms with Gasteiger partial charge in [0.15, 0.2) is 0 Å². The minimum Gasteiger partial charge on any atom is -0.486 e. The molecule has 0 N–H and O–H groups in total. The van der Waals surface area contributed by atoms with Crippen molar-refractivity contribution in [1.82, 2.24) is 0 Å². The Morgan fingerprint density at radius 3 is 1.89 bits per heavy atom. The molecule has 0 saturated carbocycles. The minimum atomic E-state index is -4.23. The Kier molecular flexibility index (Phi) is 10.2. The molecule has 0 aliphatic carbocycles. The topological polar surface area (TPSA) is 61.8 Å². The first-order valence-corrected chi connectivity index (χ1v) is 6.94. The quantitative estimate of drug-likeness (QED) is 0.285. The second-order valence-electron chi connectivity index (χ2n) is 3.82. The van der Waals surface area contributed by atoms with E-state index in [0.717, 1.165) is 0 Å². The molecule has 0 fully saturated rings. The van der Waals surface area contributed by atoms with Gasteiger partial charge in [-0.25, -0.2) is 0 Å². The smallest absolute Gasteiger partial charge is 0.486 e. The van der Waals surface area contributed by atoms with Crippen molar-refractivity contribution in [3.05, 3.63) is 5.91 Å². The van der Waals surface area contributed by atoms with Crippen LogP contribution in [-0.2, 0) is 23.1 Å². The zero-order chi connectivity index (χ0) is 13.6. The minimum absolute atomic E-state index is 0. The molecule has 0 unspecified atom stereocenters. The Bertz CT molecular complexity index is 284. The molecular formula is C10H19FLiO5P. The van der Waals surface area contributed by atoms with Gasteiger partial charge in [0.1, 0.15) is 0 Å². The summed E-state index contributed by atoms with van der Waals surface area (Å²) in [4.78, 5) is 11.2. The van der Waals surface area contributed by atoms with Crippen molar-refractivity contribution >= 4 is 13.6 Å². The van der Waals surface area contributed by atoms with E-state index < -0.39 is 31.7 Å². The molecular weight excluding hydrogens is 257 g/mol. The molecule has 18 heavy (non-hydrogen) atoms. The second-order valence-corrected chi connectivity index (χ2v) is 5.63. The molecule has 0 aromatic heterocycles. The van der Waals surface area contributed by atoms with Crippen molar-refractivity contribution in [3.63, 3.8) is 0 Å². The van der Waals surface area contributed by atoms with Crippen LogP contribution < -0.4 is 18.9 Å². The Morgan fingerprint density at radius 2 is 1.61 bits per heavy atom. The average molecular weight is 276 g/mol. The van der Waals surface area contributed by atoms with E-state index in [0.29, 0.717) is 0 Å². The SMILES string of the molecule is CCOC(=O)[C-](F)P(=O)(OC(C)C)OC(C)C.[Li+]. The van der Waals surface area contributed by atoms with Crippen molar-refractivity contribution in [2.75, 3.05) is 6.61 Å². The molecule has 5 nitrogen and oxygen atoms in total. The van der Waals surface area contributed by atoms with Crippen LogP contribution in [0.4, 0.5) is 4.39 Å². The van der Waals surface area contributed by atoms with Crippen LogP contribution in [0.3, 0.4) is 0 Å². The molecule has 0 aromatic carbocycles. The molecule has 0 atom stereocenters. The van der Waals surface area contributed by atoms with Crippen molar-refractivity contribution in [2.24, 2.45) is 0 Å². The van der Waals surface area contributed by atoms with Gasteiger partial charge in [-0.2, -0.15) is 0 Å². The van der Waals surface area contributed by atoms with Crippen LogP contribution in [0.15, 0.2) is 0 Å². The van der Waals surface area contributed by atoms with Crippen LogP contribution in [-0.4, -0.2) is 24.8 Å². The first kappa shape index (κ1) is 20.3. The van der Waals surface area contributed by atoms with E-state index in [1.807, 2.05) is 0 Å². The number of hydrogen-bond acceptors (Lipinski definition) is 5. The summed E-state index contributed by atoms with van der Waals surface area (Å²) in [6, 6.07) is 0. The first-order valence-electron chi connectivity index (χ1n) is 5.40. The molecule has 0 saturated heterocycles. The van der Waals surface area contributed by atoms with Crippen molar-refractivity contribution in [3.8, 4) is 0 Å². The maximum absolute atomic E-state index is 13.7. The molecule has 0 aliphatic rings. The van der Waals surface area contributed by atoms with Crippen LogP contribution >= 0.6 is 7.60 Å². The number of esters is 1. The number of ether oxygens (including phenoxy) is 1. The third-order valence-electron chi connectivity index (χ3n) is 1.38. The molecule has 0 heterocycles. The number of carbonyl (C=O) groups excluding carboxylic acids is 1. The number of halogens is 1. The molecule has 0 aromatic rings. The summed E-state index contributed by atoms with van der Waals surface area (Å²) >= 11 is 0. The van der Waals surface area contributed by atoms with E-state index in [9.17, 15) is 13.8 Å². The van der Waals surface area contributed by atoms with Gasteiger partial charge in [0, 0.05) is 0 Å². The van der Waals surface area contributed by atoms with E-state index in [1.54, 1.807) is 27.7 Å². The number of hydrogen-bond donors (Lipinski definition) is 0. The Labute approximate surface area is 119 Å². The largest absolute Gasteiger partial charge is 1.00 e. The van der Waals surface area contributed by atoms with E-state index in [1.165, 1.54) is 6.92 Å². The van der Waals surface area contributed by atoms with Gasteiger partial charge < -0.3 is 18.2 Å². The summed E-state index contributed by atoms with van der Waals surface area (Å²) in [6.45, 7) is 7.76. The fourth-order valence-electron chi connectivity index (χ4n) is 0.975. The maximum Gasteiger partial charge on any atom is 1.00 e. The third kappa shape index (κ3) is 6.82. The summed E-state index contributed by atoms with van der Waals surface area (Å²) in [6.07, 6.45) is -1.08. The molecule has 0 rings (SSSR count). The van der Waals surface area contributed by atoms with E-state index in [-0.39, 0.29) is 25.5 Å². The molecule has 102 valence electrons. The monoisotopic (exact) mass is 276 g/mol. The third-order valence-corrected chi connectivity index (χ3v) is 3.45. The van der Waals surface area contributed by atoms with Gasteiger partial charge in [-0.15, -0.1) is 0 Å². The summed E-state index contributed by atoms with van der Waals surface area (Å²) < 4.78 is 40.0. The fraction of sp³-hybridized carbons (Fsp3) is 0.800. The van der Waals surface area contributed by atoms with Crippen LogP contribution in [0.5, 0.6) is 0 Å². The van der Waals surface area contributed by atoms with Crippen molar-refractivity contribution in [2.45, 2.75) is 46.8 Å². The van der Waals surface area contributed by atoms with E-state index in [2.05, 4.69) is 4.74 Å². The summed E-state index contributed by atoms with van der Waals surface area (Å²) in [7, 11) is -4.23. The normalized spacial score (nSPS) is 11.3. The first-order chi connectivity index (χ1) is 7.73. The molecule has 0 amide bonds. The van der Waals surface area contributed by atoms with Gasteiger partial charge in [-0.05, 0) is 40.5 Å². The summed E-state index contributed by atoms with van der Waals surface area (Å²) in [5.74, 6) is -2.82. The standard InChI is InChI=1S/C10H19FO5P.Li/c1-6-14-10(12)9(11)17(13,15-7(2)3)16-8(4)5;/h7-8H,6H2,1-5H3;/q-1;+1. The predicted molar refractivity (Wildman–Crippen MR) is 61.0 cm³/mol. The zero-order valence-electron chi connectivity index (χ0n) is 11.7. The molecule has 0 bridgehead atoms. The van der Waals surface area contributed by atoms with Gasteiger partial charge in [0.25, 0.3) is 0 Å². The Hall–Kier alpha value is 0.0174.